The Labute approximate surface area is 111 Å². The molecule has 0 unspecified atom stereocenters. The fourth-order valence-electron chi connectivity index (χ4n) is 1.11. The van der Waals surface area contributed by atoms with E-state index in [0.717, 1.165) is 0 Å². The highest BCUT2D eigenvalue weighted by Gasteiger charge is 2.17. The van der Waals surface area contributed by atoms with E-state index in [1.807, 2.05) is 20.8 Å². The molecule has 0 saturated heterocycles. The van der Waals surface area contributed by atoms with Gasteiger partial charge in [-0.15, -0.1) is 0 Å². The maximum Gasteiger partial charge on any atom is 0.232 e. The first-order valence-electron chi connectivity index (χ1n) is 5.30. The Hall–Kier alpha value is -0.620. The van der Waals surface area contributed by atoms with Crippen LogP contribution in [-0.2, 0) is 10.0 Å². The molecular formula is C11H17BrN2O2S. The van der Waals surface area contributed by atoms with E-state index in [0.29, 0.717) is 16.7 Å². The lowest BCUT2D eigenvalue weighted by Gasteiger charge is -2.18. The number of rotatable bonds is 4. The molecule has 0 atom stereocenters. The lowest BCUT2D eigenvalue weighted by molar-refractivity contribution is 0.397. The number of anilines is 1. The molecule has 1 heterocycles. The number of nitrogens with one attached hydrogen (secondary N) is 1. The molecule has 1 N–H and O–H groups in total. The van der Waals surface area contributed by atoms with Crippen LogP contribution in [0.25, 0.3) is 0 Å². The Balaban J connectivity index is 2.64. The summed E-state index contributed by atoms with van der Waals surface area (Å²) in [6.45, 7) is 6.05. The van der Waals surface area contributed by atoms with Gasteiger partial charge < -0.3 is 0 Å². The summed E-state index contributed by atoms with van der Waals surface area (Å²) in [7, 11) is -3.29. The van der Waals surface area contributed by atoms with Crippen molar-refractivity contribution >= 4 is 31.6 Å². The Morgan fingerprint density at radius 2 is 2.00 bits per heavy atom. The largest absolute Gasteiger partial charge is 0.282 e. The van der Waals surface area contributed by atoms with Crippen molar-refractivity contribution in [2.24, 2.45) is 5.41 Å². The molecule has 0 amide bonds. The standard InChI is InChI=1S/C11H17BrN2O2S/c1-11(2,3)6-7-17(15,16)14-9-4-5-10(12)13-8-9/h4-5,8,14H,6-7H2,1-3H3. The van der Waals surface area contributed by atoms with Gasteiger partial charge in [-0.05, 0) is 39.9 Å². The highest BCUT2D eigenvalue weighted by atomic mass is 79.9. The average molecular weight is 321 g/mol. The Morgan fingerprint density at radius 3 is 2.47 bits per heavy atom. The molecule has 0 aromatic carbocycles. The zero-order valence-corrected chi connectivity index (χ0v) is 12.6. The van der Waals surface area contributed by atoms with Gasteiger partial charge in [-0.2, -0.15) is 0 Å². The first kappa shape index (κ1) is 14.4. The second-order valence-electron chi connectivity index (χ2n) is 5.10. The second kappa shape index (κ2) is 5.35. The number of aromatic nitrogens is 1. The molecule has 0 spiro atoms. The lowest BCUT2D eigenvalue weighted by atomic mass is 9.94. The maximum atomic E-state index is 11.8. The van der Waals surface area contributed by atoms with Crippen LogP contribution in [0.1, 0.15) is 27.2 Å². The minimum atomic E-state index is -3.29. The smallest absolute Gasteiger partial charge is 0.232 e. The van der Waals surface area contributed by atoms with E-state index in [9.17, 15) is 8.42 Å². The average Bonchev–Trinajstić information content (AvgIpc) is 2.18. The highest BCUT2D eigenvalue weighted by molar-refractivity contribution is 9.10. The zero-order valence-electron chi connectivity index (χ0n) is 10.2. The maximum absolute atomic E-state index is 11.8. The summed E-state index contributed by atoms with van der Waals surface area (Å²) in [4.78, 5) is 3.96. The molecule has 0 aliphatic heterocycles. The van der Waals surface area contributed by atoms with Gasteiger partial charge in [-0.3, -0.25) is 4.72 Å². The second-order valence-corrected chi connectivity index (χ2v) is 7.76. The third-order valence-electron chi connectivity index (χ3n) is 2.12. The van der Waals surface area contributed by atoms with Gasteiger partial charge in [0.15, 0.2) is 0 Å². The molecule has 96 valence electrons. The third-order valence-corrected chi connectivity index (χ3v) is 3.88. The number of hydrogen-bond acceptors (Lipinski definition) is 3. The molecule has 0 aliphatic rings. The molecule has 0 bridgehead atoms. The van der Waals surface area contributed by atoms with Gasteiger partial charge in [0.05, 0.1) is 17.6 Å². The van der Waals surface area contributed by atoms with Crippen LogP contribution in [-0.4, -0.2) is 19.2 Å². The topological polar surface area (TPSA) is 59.1 Å². The van der Waals surface area contributed by atoms with E-state index in [1.54, 1.807) is 12.1 Å². The lowest BCUT2D eigenvalue weighted by Crippen LogP contribution is -2.20. The third kappa shape index (κ3) is 6.02. The molecule has 0 radical (unpaired) electrons. The van der Waals surface area contributed by atoms with Crippen molar-refractivity contribution in [2.45, 2.75) is 27.2 Å². The van der Waals surface area contributed by atoms with Gasteiger partial charge in [0, 0.05) is 0 Å². The number of sulfonamides is 1. The molecular weight excluding hydrogens is 304 g/mol. The summed E-state index contributed by atoms with van der Waals surface area (Å²) in [5.41, 5.74) is 0.495. The number of hydrogen-bond donors (Lipinski definition) is 1. The fraction of sp³-hybridized carbons (Fsp3) is 0.545. The summed E-state index contributed by atoms with van der Waals surface area (Å²) in [6, 6.07) is 3.37. The van der Waals surface area contributed by atoms with Crippen LogP contribution >= 0.6 is 15.9 Å². The van der Waals surface area contributed by atoms with Crippen molar-refractivity contribution in [1.29, 1.82) is 0 Å². The molecule has 1 aromatic rings. The molecule has 1 aromatic heterocycles. The molecule has 1 rings (SSSR count). The first-order valence-corrected chi connectivity index (χ1v) is 7.75. The molecule has 17 heavy (non-hydrogen) atoms. The van der Waals surface area contributed by atoms with E-state index < -0.39 is 10.0 Å². The van der Waals surface area contributed by atoms with Crippen molar-refractivity contribution in [3.05, 3.63) is 22.9 Å². The van der Waals surface area contributed by atoms with Crippen molar-refractivity contribution in [3.63, 3.8) is 0 Å². The molecule has 6 heteroatoms. The Morgan fingerprint density at radius 1 is 1.35 bits per heavy atom. The number of halogens is 1. The quantitative estimate of drug-likeness (QED) is 0.867. The summed E-state index contributed by atoms with van der Waals surface area (Å²) in [5, 5.41) is 0. The van der Waals surface area contributed by atoms with Crippen molar-refractivity contribution < 1.29 is 8.42 Å². The SMILES string of the molecule is CC(C)(C)CCS(=O)(=O)Nc1ccc(Br)nc1. The van der Waals surface area contributed by atoms with E-state index >= 15 is 0 Å². The predicted molar refractivity (Wildman–Crippen MR) is 73.4 cm³/mol. The Bertz CT molecular complexity index is 463. The van der Waals surface area contributed by atoms with Crippen LogP contribution in [0.4, 0.5) is 5.69 Å². The Kier molecular flexibility index (Phi) is 4.55. The fourth-order valence-corrected chi connectivity index (χ4v) is 2.80. The van der Waals surface area contributed by atoms with Gasteiger partial charge in [-0.1, -0.05) is 20.8 Å². The van der Waals surface area contributed by atoms with Crippen LogP contribution in [0.3, 0.4) is 0 Å². The van der Waals surface area contributed by atoms with Crippen LogP contribution in [0.2, 0.25) is 0 Å². The predicted octanol–water partition coefficient (Wildman–Crippen LogP) is 3.02. The van der Waals surface area contributed by atoms with Gasteiger partial charge in [-0.25, -0.2) is 13.4 Å². The molecule has 4 nitrogen and oxygen atoms in total. The van der Waals surface area contributed by atoms with Crippen molar-refractivity contribution in [3.8, 4) is 0 Å². The minimum absolute atomic E-state index is 0.00666. The van der Waals surface area contributed by atoms with E-state index in [2.05, 4.69) is 25.6 Å². The van der Waals surface area contributed by atoms with Crippen LogP contribution in [0, 0.1) is 5.41 Å². The minimum Gasteiger partial charge on any atom is -0.282 e. The monoisotopic (exact) mass is 320 g/mol. The summed E-state index contributed by atoms with van der Waals surface area (Å²) in [5.74, 6) is 0.118. The first-order chi connectivity index (χ1) is 7.68. The van der Waals surface area contributed by atoms with Crippen molar-refractivity contribution in [2.75, 3.05) is 10.5 Å². The molecule has 0 saturated carbocycles. The number of nitrogens with zero attached hydrogens (tertiary/aromatic N) is 1. The van der Waals surface area contributed by atoms with Gasteiger partial charge in [0.25, 0.3) is 0 Å². The summed E-state index contributed by atoms with van der Waals surface area (Å²) in [6.07, 6.45) is 2.10. The molecule has 0 fully saturated rings. The van der Waals surface area contributed by atoms with Crippen molar-refractivity contribution in [1.82, 2.24) is 4.98 Å². The van der Waals surface area contributed by atoms with Gasteiger partial charge in [0.1, 0.15) is 4.60 Å². The zero-order chi connectivity index (χ0) is 13.1. The van der Waals surface area contributed by atoms with Gasteiger partial charge in [0.2, 0.25) is 10.0 Å². The van der Waals surface area contributed by atoms with Gasteiger partial charge >= 0.3 is 0 Å². The van der Waals surface area contributed by atoms with Crippen LogP contribution in [0.5, 0.6) is 0 Å². The van der Waals surface area contributed by atoms with Crippen LogP contribution in [0.15, 0.2) is 22.9 Å². The normalized spacial score (nSPS) is 12.5. The number of pyridine rings is 1. The summed E-state index contributed by atoms with van der Waals surface area (Å²) < 4.78 is 26.7. The summed E-state index contributed by atoms with van der Waals surface area (Å²) >= 11 is 3.19. The van der Waals surface area contributed by atoms with E-state index in [4.69, 9.17) is 0 Å². The highest BCUT2D eigenvalue weighted by Crippen LogP contribution is 2.20. The van der Waals surface area contributed by atoms with E-state index in [1.165, 1.54) is 6.20 Å². The van der Waals surface area contributed by atoms with Crippen LogP contribution < -0.4 is 4.72 Å². The molecule has 0 aliphatic carbocycles. The van der Waals surface area contributed by atoms with E-state index in [-0.39, 0.29) is 11.2 Å².